The van der Waals surface area contributed by atoms with E-state index in [0.717, 1.165) is 28.9 Å². The summed E-state index contributed by atoms with van der Waals surface area (Å²) in [5.74, 6) is -0.0411. The monoisotopic (exact) mass is 323 g/mol. The smallest absolute Gasteiger partial charge is 0.240 e. The Morgan fingerprint density at radius 1 is 1.48 bits per heavy atom. The van der Waals surface area contributed by atoms with Gasteiger partial charge in [-0.15, -0.1) is 11.6 Å². The van der Waals surface area contributed by atoms with Gasteiger partial charge in [0.15, 0.2) is 0 Å². The summed E-state index contributed by atoms with van der Waals surface area (Å²) in [7, 11) is 0. The highest BCUT2D eigenvalue weighted by Gasteiger charge is 2.27. The molecule has 110 valence electrons. The molecular weight excluding hydrogens is 309 g/mol. The Morgan fingerprint density at radius 2 is 2.29 bits per heavy atom. The number of hydrogen-bond acceptors (Lipinski definition) is 2. The lowest BCUT2D eigenvalue weighted by molar-refractivity contribution is -0.131. The number of amides is 1. The second-order valence-electron chi connectivity index (χ2n) is 5.17. The van der Waals surface area contributed by atoms with Crippen LogP contribution < -0.4 is 0 Å². The maximum atomic E-state index is 12.1. The first kappa shape index (κ1) is 14.4. The number of aromatic amines is 1. The average Bonchev–Trinajstić information content (AvgIpc) is 2.89. The fourth-order valence-corrected chi connectivity index (χ4v) is 2.94. The molecule has 0 bridgehead atoms. The van der Waals surface area contributed by atoms with E-state index in [1.54, 1.807) is 11.8 Å². The van der Waals surface area contributed by atoms with Gasteiger partial charge in [0, 0.05) is 41.4 Å². The third kappa shape index (κ3) is 2.78. The van der Waals surface area contributed by atoms with E-state index in [2.05, 4.69) is 10.2 Å². The van der Waals surface area contributed by atoms with Crippen molar-refractivity contribution >= 4 is 29.1 Å². The summed E-state index contributed by atoms with van der Waals surface area (Å²) < 4.78 is 0. The molecule has 6 heteroatoms. The lowest BCUT2D eigenvalue weighted by atomic mass is 10.0. The van der Waals surface area contributed by atoms with Gasteiger partial charge < -0.3 is 4.90 Å². The molecule has 0 saturated carbocycles. The zero-order valence-electron chi connectivity index (χ0n) is 11.6. The molecule has 1 atom stereocenters. The number of halogens is 2. The quantitative estimate of drug-likeness (QED) is 0.862. The number of fused-ring (bicyclic) bond motifs is 1. The molecule has 0 radical (unpaired) electrons. The van der Waals surface area contributed by atoms with E-state index in [9.17, 15) is 4.79 Å². The van der Waals surface area contributed by atoms with Gasteiger partial charge >= 0.3 is 0 Å². The van der Waals surface area contributed by atoms with Crippen LogP contribution in [0.1, 0.15) is 18.2 Å². The number of alkyl halides is 1. The number of H-pyrrole nitrogens is 1. The number of hydrogen-bond donors (Lipinski definition) is 1. The van der Waals surface area contributed by atoms with Crippen LogP contribution in [0.4, 0.5) is 0 Å². The number of benzene rings is 1. The molecule has 1 amide bonds. The summed E-state index contributed by atoms with van der Waals surface area (Å²) in [6.45, 7) is 2.90. The predicted octanol–water partition coefficient (Wildman–Crippen LogP) is 3.24. The number of aromatic nitrogens is 2. The fraction of sp³-hybridized carbons (Fsp3) is 0.333. The van der Waals surface area contributed by atoms with Crippen molar-refractivity contribution in [2.75, 3.05) is 6.54 Å². The van der Waals surface area contributed by atoms with Crippen molar-refractivity contribution in [3.8, 4) is 11.3 Å². The van der Waals surface area contributed by atoms with E-state index >= 15 is 0 Å². The molecule has 1 aliphatic rings. The zero-order valence-corrected chi connectivity index (χ0v) is 13.1. The van der Waals surface area contributed by atoms with Crippen LogP contribution in [0.5, 0.6) is 0 Å². The van der Waals surface area contributed by atoms with Crippen LogP contribution in [-0.4, -0.2) is 32.9 Å². The van der Waals surface area contributed by atoms with Gasteiger partial charge in [0.1, 0.15) is 5.38 Å². The van der Waals surface area contributed by atoms with Crippen LogP contribution in [0.15, 0.2) is 24.3 Å². The van der Waals surface area contributed by atoms with Crippen molar-refractivity contribution in [1.29, 1.82) is 0 Å². The van der Waals surface area contributed by atoms with E-state index in [1.807, 2.05) is 24.3 Å². The molecule has 1 aromatic carbocycles. The van der Waals surface area contributed by atoms with Crippen LogP contribution in [0.2, 0.25) is 5.02 Å². The summed E-state index contributed by atoms with van der Waals surface area (Å²) in [5, 5.41) is 7.62. The standard InChI is InChI=1S/C15H15Cl2N3O/c1-9(16)15(21)20-6-5-13-12(8-20)14(19-18-13)10-3-2-4-11(17)7-10/h2-4,7,9H,5-6,8H2,1H3,(H,18,19). The molecule has 0 fully saturated rings. The molecular formula is C15H15Cl2N3O. The zero-order chi connectivity index (χ0) is 15.0. The molecule has 0 saturated heterocycles. The molecule has 4 nitrogen and oxygen atoms in total. The Morgan fingerprint density at radius 3 is 3.00 bits per heavy atom. The van der Waals surface area contributed by atoms with E-state index < -0.39 is 5.38 Å². The van der Waals surface area contributed by atoms with E-state index in [0.29, 0.717) is 18.1 Å². The van der Waals surface area contributed by atoms with Crippen molar-refractivity contribution in [2.24, 2.45) is 0 Å². The minimum Gasteiger partial charge on any atom is -0.337 e. The van der Waals surface area contributed by atoms with Crippen molar-refractivity contribution < 1.29 is 4.79 Å². The largest absolute Gasteiger partial charge is 0.337 e. The van der Waals surface area contributed by atoms with Crippen molar-refractivity contribution in [2.45, 2.75) is 25.3 Å². The van der Waals surface area contributed by atoms with Gasteiger partial charge in [-0.3, -0.25) is 9.89 Å². The van der Waals surface area contributed by atoms with Gasteiger partial charge in [0.05, 0.1) is 5.69 Å². The average molecular weight is 324 g/mol. The third-order valence-electron chi connectivity index (χ3n) is 3.68. The van der Waals surface area contributed by atoms with Gasteiger partial charge in [-0.25, -0.2) is 0 Å². The number of rotatable bonds is 2. The topological polar surface area (TPSA) is 49.0 Å². The molecule has 1 unspecified atom stereocenters. The van der Waals surface area contributed by atoms with Crippen LogP contribution in [0, 0.1) is 0 Å². The highest BCUT2D eigenvalue weighted by Crippen LogP contribution is 2.30. The summed E-state index contributed by atoms with van der Waals surface area (Å²) in [4.78, 5) is 13.9. The van der Waals surface area contributed by atoms with Crippen LogP contribution in [-0.2, 0) is 17.8 Å². The second-order valence-corrected chi connectivity index (χ2v) is 6.26. The van der Waals surface area contributed by atoms with Gasteiger partial charge in [-0.05, 0) is 19.1 Å². The molecule has 2 aromatic rings. The minimum atomic E-state index is -0.506. The van der Waals surface area contributed by atoms with Gasteiger partial charge in [-0.2, -0.15) is 5.10 Å². The second kappa shape index (κ2) is 5.70. The van der Waals surface area contributed by atoms with Crippen molar-refractivity contribution in [3.63, 3.8) is 0 Å². The lowest BCUT2D eigenvalue weighted by Gasteiger charge is -2.28. The molecule has 1 aliphatic heterocycles. The minimum absolute atomic E-state index is 0.0411. The highest BCUT2D eigenvalue weighted by molar-refractivity contribution is 6.31. The van der Waals surface area contributed by atoms with Gasteiger partial charge in [0.25, 0.3) is 0 Å². The molecule has 0 aliphatic carbocycles. The van der Waals surface area contributed by atoms with Crippen LogP contribution in [0.3, 0.4) is 0 Å². The predicted molar refractivity (Wildman–Crippen MR) is 83.5 cm³/mol. The number of nitrogens with one attached hydrogen (secondary N) is 1. The number of carbonyl (C=O) groups excluding carboxylic acids is 1. The van der Waals surface area contributed by atoms with E-state index in [-0.39, 0.29) is 5.91 Å². The lowest BCUT2D eigenvalue weighted by Crippen LogP contribution is -2.39. The Labute approximate surface area is 133 Å². The Kier molecular flexibility index (Phi) is 3.91. The molecule has 2 heterocycles. The number of nitrogens with zero attached hydrogens (tertiary/aromatic N) is 2. The van der Waals surface area contributed by atoms with E-state index in [1.165, 1.54) is 0 Å². The summed E-state index contributed by atoms with van der Waals surface area (Å²) in [5.41, 5.74) is 3.94. The first-order chi connectivity index (χ1) is 10.1. The Balaban J connectivity index is 1.94. The Hall–Kier alpha value is -1.52. The van der Waals surface area contributed by atoms with Crippen LogP contribution in [0.25, 0.3) is 11.3 Å². The number of carbonyl (C=O) groups is 1. The molecule has 1 aromatic heterocycles. The first-order valence-corrected chi connectivity index (χ1v) is 7.62. The molecule has 3 rings (SSSR count). The summed E-state index contributed by atoms with van der Waals surface area (Å²) in [6.07, 6.45) is 0.762. The maximum Gasteiger partial charge on any atom is 0.240 e. The molecule has 0 spiro atoms. The fourth-order valence-electron chi connectivity index (χ4n) is 2.61. The SMILES string of the molecule is CC(Cl)C(=O)N1CCc2[nH]nc(-c3cccc(Cl)c3)c2C1. The van der Waals surface area contributed by atoms with E-state index in [4.69, 9.17) is 23.2 Å². The highest BCUT2D eigenvalue weighted by atomic mass is 35.5. The Bertz CT molecular complexity index is 681. The maximum absolute atomic E-state index is 12.1. The van der Waals surface area contributed by atoms with Gasteiger partial charge in [-0.1, -0.05) is 23.7 Å². The first-order valence-electron chi connectivity index (χ1n) is 6.81. The normalized spacial score (nSPS) is 15.7. The van der Waals surface area contributed by atoms with Crippen molar-refractivity contribution in [1.82, 2.24) is 15.1 Å². The van der Waals surface area contributed by atoms with Crippen LogP contribution >= 0.6 is 23.2 Å². The van der Waals surface area contributed by atoms with Crippen molar-refractivity contribution in [3.05, 3.63) is 40.5 Å². The molecule has 1 N–H and O–H groups in total. The summed E-state index contributed by atoms with van der Waals surface area (Å²) >= 11 is 12.0. The third-order valence-corrected chi connectivity index (χ3v) is 4.11. The molecule has 21 heavy (non-hydrogen) atoms. The van der Waals surface area contributed by atoms with Gasteiger partial charge in [0.2, 0.25) is 5.91 Å². The summed E-state index contributed by atoms with van der Waals surface area (Å²) in [6, 6.07) is 7.57.